The zero-order valence-corrected chi connectivity index (χ0v) is 12.2. The van der Waals surface area contributed by atoms with Crippen molar-refractivity contribution in [2.45, 2.75) is 13.8 Å². The number of pyridine rings is 1. The molecular formula is C15H11ClN4O. The fourth-order valence-electron chi connectivity index (χ4n) is 2.24. The second-order valence-electron chi connectivity index (χ2n) is 4.66. The Hall–Kier alpha value is -2.76. The molecular weight excluding hydrogens is 288 g/mol. The number of hydrogen-bond donors (Lipinski definition) is 2. The molecule has 6 heteroatoms. The number of nitriles is 2. The molecule has 0 spiro atoms. The number of rotatable bonds is 1. The number of anilines is 1. The summed E-state index contributed by atoms with van der Waals surface area (Å²) in [7, 11) is 0. The number of aromatic amines is 1. The van der Waals surface area contributed by atoms with Crippen LogP contribution in [0.25, 0.3) is 11.1 Å². The molecule has 0 bridgehead atoms. The Labute approximate surface area is 126 Å². The summed E-state index contributed by atoms with van der Waals surface area (Å²) in [5.41, 5.74) is 7.24. The van der Waals surface area contributed by atoms with Gasteiger partial charge in [-0.1, -0.05) is 23.2 Å². The average molecular weight is 299 g/mol. The van der Waals surface area contributed by atoms with Crippen molar-refractivity contribution in [2.75, 3.05) is 5.73 Å². The van der Waals surface area contributed by atoms with Gasteiger partial charge >= 0.3 is 0 Å². The highest BCUT2D eigenvalue weighted by Gasteiger charge is 2.20. The first-order valence-electron chi connectivity index (χ1n) is 6.03. The molecule has 2 aromatic rings. The minimum absolute atomic E-state index is 0.0399. The maximum absolute atomic E-state index is 11.9. The summed E-state index contributed by atoms with van der Waals surface area (Å²) in [4.78, 5) is 14.2. The van der Waals surface area contributed by atoms with E-state index in [0.29, 0.717) is 10.6 Å². The highest BCUT2D eigenvalue weighted by Crippen LogP contribution is 2.36. The number of H-pyrrole nitrogens is 1. The molecule has 0 aliphatic carbocycles. The van der Waals surface area contributed by atoms with Crippen molar-refractivity contribution in [1.82, 2.24) is 4.98 Å². The summed E-state index contributed by atoms with van der Waals surface area (Å²) in [6.07, 6.45) is 0. The van der Waals surface area contributed by atoms with E-state index in [1.54, 1.807) is 6.07 Å². The number of nitrogens with one attached hydrogen (secondary N) is 1. The van der Waals surface area contributed by atoms with E-state index >= 15 is 0 Å². The predicted molar refractivity (Wildman–Crippen MR) is 80.8 cm³/mol. The lowest BCUT2D eigenvalue weighted by Gasteiger charge is -2.13. The molecule has 0 saturated carbocycles. The first kappa shape index (κ1) is 14.6. The number of halogens is 1. The molecule has 0 amide bonds. The molecule has 0 unspecified atom stereocenters. The molecule has 0 fully saturated rings. The Balaban J connectivity index is 3.04. The van der Waals surface area contributed by atoms with Crippen molar-refractivity contribution in [3.63, 3.8) is 0 Å². The van der Waals surface area contributed by atoms with Crippen molar-refractivity contribution >= 4 is 17.4 Å². The van der Waals surface area contributed by atoms with E-state index in [0.717, 1.165) is 11.1 Å². The van der Waals surface area contributed by atoms with Gasteiger partial charge < -0.3 is 10.7 Å². The van der Waals surface area contributed by atoms with E-state index in [1.807, 2.05) is 32.1 Å². The summed E-state index contributed by atoms with van der Waals surface area (Å²) in [5, 5.41) is 18.9. The highest BCUT2D eigenvalue weighted by atomic mass is 35.5. The van der Waals surface area contributed by atoms with Gasteiger partial charge in [-0.05, 0) is 25.5 Å². The van der Waals surface area contributed by atoms with Crippen LogP contribution in [0.2, 0.25) is 5.02 Å². The minimum atomic E-state index is -0.640. The summed E-state index contributed by atoms with van der Waals surface area (Å²) in [6, 6.07) is 7.35. The van der Waals surface area contributed by atoms with Gasteiger partial charge in [-0.25, -0.2) is 0 Å². The minimum Gasteiger partial charge on any atom is -0.384 e. The lowest BCUT2D eigenvalue weighted by Crippen LogP contribution is -2.16. The molecule has 2 rings (SSSR count). The molecule has 0 atom stereocenters. The maximum Gasteiger partial charge on any atom is 0.268 e. The van der Waals surface area contributed by atoms with Crippen LogP contribution in [0.1, 0.15) is 22.3 Å². The maximum atomic E-state index is 11.9. The number of nitrogen functional groups attached to an aromatic ring is 1. The first-order valence-corrected chi connectivity index (χ1v) is 6.41. The van der Waals surface area contributed by atoms with Gasteiger partial charge in [0.25, 0.3) is 5.56 Å². The highest BCUT2D eigenvalue weighted by molar-refractivity contribution is 6.34. The third-order valence-corrected chi connectivity index (χ3v) is 3.64. The van der Waals surface area contributed by atoms with Crippen LogP contribution in [-0.2, 0) is 0 Å². The number of benzene rings is 1. The van der Waals surface area contributed by atoms with Gasteiger partial charge in [0, 0.05) is 11.1 Å². The molecule has 1 heterocycles. The van der Waals surface area contributed by atoms with Crippen LogP contribution in [0.5, 0.6) is 0 Å². The summed E-state index contributed by atoms with van der Waals surface area (Å²) < 4.78 is 0. The predicted octanol–water partition coefficient (Wildman–Crippen LogP) is 2.64. The standard InChI is InChI=1S/C15H11ClN4O/c1-7-3-8(2)13(16)9(4-7)12-10(5-17)14(19)20-15(21)11(12)6-18/h3-4H,1-2H3,(H3,19,20,21). The lowest BCUT2D eigenvalue weighted by molar-refractivity contribution is 1.21. The Morgan fingerprint density at radius 1 is 1.19 bits per heavy atom. The number of nitrogens with two attached hydrogens (primary N) is 1. The second kappa shape index (κ2) is 5.32. The quantitative estimate of drug-likeness (QED) is 0.843. The summed E-state index contributed by atoms with van der Waals surface area (Å²) >= 11 is 6.29. The van der Waals surface area contributed by atoms with E-state index in [9.17, 15) is 15.3 Å². The van der Waals surface area contributed by atoms with Crippen LogP contribution in [0, 0.1) is 36.5 Å². The number of aromatic nitrogens is 1. The van der Waals surface area contributed by atoms with Crippen LogP contribution < -0.4 is 11.3 Å². The van der Waals surface area contributed by atoms with Gasteiger partial charge in [0.15, 0.2) is 0 Å². The van der Waals surface area contributed by atoms with Gasteiger partial charge in [0.2, 0.25) is 0 Å². The third-order valence-electron chi connectivity index (χ3n) is 3.14. The fourth-order valence-corrected chi connectivity index (χ4v) is 2.45. The Bertz CT molecular complexity index is 885. The number of nitrogens with zero attached hydrogens (tertiary/aromatic N) is 2. The first-order chi connectivity index (χ1) is 9.90. The van der Waals surface area contributed by atoms with Gasteiger partial charge in [0.1, 0.15) is 29.1 Å². The smallest absolute Gasteiger partial charge is 0.268 e. The van der Waals surface area contributed by atoms with E-state index < -0.39 is 5.56 Å². The van der Waals surface area contributed by atoms with Crippen molar-refractivity contribution in [1.29, 1.82) is 10.5 Å². The largest absolute Gasteiger partial charge is 0.384 e. The van der Waals surface area contributed by atoms with E-state index in [-0.39, 0.29) is 22.5 Å². The molecule has 3 N–H and O–H groups in total. The van der Waals surface area contributed by atoms with Crippen LogP contribution in [0.3, 0.4) is 0 Å². The normalized spacial score (nSPS) is 9.95. The van der Waals surface area contributed by atoms with Gasteiger partial charge in [0.05, 0.1) is 5.02 Å². The van der Waals surface area contributed by atoms with Crippen molar-refractivity contribution in [3.8, 4) is 23.3 Å². The Morgan fingerprint density at radius 3 is 2.38 bits per heavy atom. The molecule has 1 aromatic heterocycles. The fraction of sp³-hybridized carbons (Fsp3) is 0.133. The van der Waals surface area contributed by atoms with Crippen LogP contribution >= 0.6 is 11.6 Å². The third kappa shape index (κ3) is 2.35. The Morgan fingerprint density at radius 2 is 1.81 bits per heavy atom. The topological polar surface area (TPSA) is 106 Å². The molecule has 21 heavy (non-hydrogen) atoms. The number of aryl methyl sites for hydroxylation is 2. The van der Waals surface area contributed by atoms with E-state index in [2.05, 4.69) is 4.98 Å². The molecule has 0 aliphatic heterocycles. The van der Waals surface area contributed by atoms with Gasteiger partial charge in [-0.15, -0.1) is 0 Å². The molecule has 5 nitrogen and oxygen atoms in total. The zero-order valence-electron chi connectivity index (χ0n) is 11.4. The van der Waals surface area contributed by atoms with Crippen molar-refractivity contribution < 1.29 is 0 Å². The zero-order chi connectivity index (χ0) is 15.7. The molecule has 1 aromatic carbocycles. The molecule has 0 aliphatic rings. The summed E-state index contributed by atoms with van der Waals surface area (Å²) in [5.74, 6) is -0.0771. The molecule has 0 radical (unpaired) electrons. The molecule has 104 valence electrons. The summed E-state index contributed by atoms with van der Waals surface area (Å²) in [6.45, 7) is 3.68. The van der Waals surface area contributed by atoms with Crippen molar-refractivity contribution in [2.24, 2.45) is 0 Å². The van der Waals surface area contributed by atoms with Crippen LogP contribution in [-0.4, -0.2) is 4.98 Å². The SMILES string of the molecule is Cc1cc(C)c(Cl)c(-c2c(C#N)c(N)[nH]c(=O)c2C#N)c1. The van der Waals surface area contributed by atoms with Gasteiger partial charge in [-0.2, -0.15) is 10.5 Å². The second-order valence-corrected chi connectivity index (χ2v) is 5.04. The lowest BCUT2D eigenvalue weighted by atomic mass is 9.94. The van der Waals surface area contributed by atoms with Crippen molar-refractivity contribution in [3.05, 3.63) is 49.8 Å². The number of hydrogen-bond acceptors (Lipinski definition) is 4. The van der Waals surface area contributed by atoms with E-state index in [1.165, 1.54) is 0 Å². The molecule has 0 saturated heterocycles. The average Bonchev–Trinajstić information content (AvgIpc) is 2.42. The Kier molecular flexibility index (Phi) is 3.71. The van der Waals surface area contributed by atoms with E-state index in [4.69, 9.17) is 17.3 Å². The monoisotopic (exact) mass is 298 g/mol. The van der Waals surface area contributed by atoms with Gasteiger partial charge in [-0.3, -0.25) is 4.79 Å². The van der Waals surface area contributed by atoms with Crippen LogP contribution in [0.4, 0.5) is 5.82 Å². The van der Waals surface area contributed by atoms with Crippen LogP contribution in [0.15, 0.2) is 16.9 Å².